The number of hydrogen-bond acceptors (Lipinski definition) is 4. The molecule has 0 spiro atoms. The number of anilines is 1. The summed E-state index contributed by atoms with van der Waals surface area (Å²) in [5.74, 6) is 0.0172. The van der Waals surface area contributed by atoms with Gasteiger partial charge in [0.2, 0.25) is 0 Å². The van der Waals surface area contributed by atoms with Crippen LogP contribution in [0.25, 0.3) is 0 Å². The molecule has 0 bridgehead atoms. The van der Waals surface area contributed by atoms with Crippen LogP contribution in [-0.4, -0.2) is 35.8 Å². The van der Waals surface area contributed by atoms with Crippen LogP contribution in [0.4, 0.5) is 36.8 Å². The second kappa shape index (κ2) is 12.2. The van der Waals surface area contributed by atoms with E-state index in [1.54, 1.807) is 12.1 Å². The summed E-state index contributed by atoms with van der Waals surface area (Å²) in [6.07, 6.45) is -6.52. The number of piperidine rings is 1. The normalized spacial score (nSPS) is 17.1. The van der Waals surface area contributed by atoms with Crippen LogP contribution in [0.15, 0.2) is 72.8 Å². The molecule has 0 unspecified atom stereocenters. The summed E-state index contributed by atoms with van der Waals surface area (Å²) >= 11 is 0. The first kappa shape index (κ1) is 30.9. The fourth-order valence-electron chi connectivity index (χ4n) is 5.56. The van der Waals surface area contributed by atoms with Gasteiger partial charge in [-0.2, -0.15) is 26.3 Å². The summed E-state index contributed by atoms with van der Waals surface area (Å²) in [7, 11) is 0. The molecule has 230 valence electrons. The quantitative estimate of drug-likeness (QED) is 0.257. The second-order valence-electron chi connectivity index (χ2n) is 11.3. The molecule has 5 rings (SSSR count). The van der Waals surface area contributed by atoms with E-state index in [-0.39, 0.29) is 11.1 Å². The van der Waals surface area contributed by atoms with Crippen molar-refractivity contribution < 1.29 is 41.0 Å². The fraction of sp³-hybridized carbons (Fsp3) is 0.406. The molecule has 0 radical (unpaired) electrons. The van der Waals surface area contributed by atoms with Gasteiger partial charge in [-0.1, -0.05) is 36.4 Å². The smallest absolute Gasteiger partial charge is 0.416 e. The Morgan fingerprint density at radius 1 is 0.744 bits per heavy atom. The highest BCUT2D eigenvalue weighted by Gasteiger charge is 2.43. The van der Waals surface area contributed by atoms with Crippen LogP contribution in [0.3, 0.4) is 0 Å². The van der Waals surface area contributed by atoms with Gasteiger partial charge in [0.25, 0.3) is 0 Å². The fourth-order valence-corrected chi connectivity index (χ4v) is 5.56. The zero-order valence-electron chi connectivity index (χ0n) is 23.2. The molecule has 0 aromatic heterocycles. The van der Waals surface area contributed by atoms with E-state index in [9.17, 15) is 36.2 Å². The number of hydrogen-bond donors (Lipinski definition) is 2. The minimum absolute atomic E-state index is 0.192. The maximum absolute atomic E-state index is 13.2. The van der Waals surface area contributed by atoms with Crippen LogP contribution in [0.5, 0.6) is 0 Å². The predicted molar refractivity (Wildman–Crippen MR) is 148 cm³/mol. The number of carbonyl (C=O) groups is 1. The molecule has 11 heteroatoms. The monoisotopic (exact) mass is 606 g/mol. The number of ether oxygens (including phenoxy) is 1. The Hall–Kier alpha value is -3.57. The third kappa shape index (κ3) is 7.51. The summed E-state index contributed by atoms with van der Waals surface area (Å²) in [4.78, 5) is 14.1. The highest BCUT2D eigenvalue weighted by atomic mass is 19.4. The van der Waals surface area contributed by atoms with Gasteiger partial charge < -0.3 is 9.84 Å². The van der Waals surface area contributed by atoms with Gasteiger partial charge in [0.05, 0.1) is 17.7 Å². The van der Waals surface area contributed by atoms with Crippen molar-refractivity contribution in [3.63, 3.8) is 0 Å². The summed E-state index contributed by atoms with van der Waals surface area (Å²) in [5.41, 5.74) is -1.55. The number of likely N-dealkylation sites (tertiary alicyclic amines) is 1. The van der Waals surface area contributed by atoms with Gasteiger partial charge >= 0.3 is 18.4 Å². The third-order valence-electron chi connectivity index (χ3n) is 8.24. The van der Waals surface area contributed by atoms with E-state index in [0.717, 1.165) is 42.7 Å². The molecule has 2 fully saturated rings. The molecular formula is C32H32F6N2O3. The van der Waals surface area contributed by atoms with Crippen LogP contribution < -0.4 is 5.32 Å². The molecule has 2 N–H and O–H groups in total. The molecule has 3 aromatic carbocycles. The molecule has 1 amide bonds. The van der Waals surface area contributed by atoms with Gasteiger partial charge in [0.15, 0.2) is 0 Å². The number of benzene rings is 3. The third-order valence-corrected chi connectivity index (χ3v) is 8.24. The van der Waals surface area contributed by atoms with Crippen LogP contribution in [0, 0.1) is 11.8 Å². The number of alkyl halides is 6. The molecule has 2 aliphatic rings. The minimum atomic E-state index is -4.57. The van der Waals surface area contributed by atoms with Gasteiger partial charge in [-0.3, -0.25) is 10.2 Å². The van der Waals surface area contributed by atoms with E-state index in [2.05, 4.69) is 10.2 Å². The Balaban J connectivity index is 1.27. The topological polar surface area (TPSA) is 61.8 Å². The van der Waals surface area contributed by atoms with Crippen molar-refractivity contribution in [1.29, 1.82) is 0 Å². The SMILES string of the molecule is O=C(Nc1ccc(CN2CCC(C(O)(c3ccc(C(F)(F)F)cc3)c3ccc(C(F)(F)F)cc3)CC2)cc1)OCC1CC1. The highest BCUT2D eigenvalue weighted by molar-refractivity contribution is 5.84. The molecule has 43 heavy (non-hydrogen) atoms. The molecule has 1 saturated carbocycles. The molecule has 5 nitrogen and oxygen atoms in total. The van der Waals surface area contributed by atoms with Crippen molar-refractivity contribution in [3.05, 3.63) is 101 Å². The van der Waals surface area contributed by atoms with Gasteiger partial charge in [0.1, 0.15) is 5.60 Å². The first-order chi connectivity index (χ1) is 20.3. The lowest BCUT2D eigenvalue weighted by Crippen LogP contribution is -2.44. The molecule has 0 atom stereocenters. The maximum atomic E-state index is 13.2. The van der Waals surface area contributed by atoms with Crippen LogP contribution >= 0.6 is 0 Å². The molecule has 1 heterocycles. The van der Waals surface area contributed by atoms with E-state index in [1.807, 2.05) is 12.1 Å². The number of carbonyl (C=O) groups excluding carboxylic acids is 1. The van der Waals surface area contributed by atoms with Gasteiger partial charge in [-0.15, -0.1) is 0 Å². The predicted octanol–water partition coefficient (Wildman–Crippen LogP) is 7.83. The van der Waals surface area contributed by atoms with Crippen molar-refractivity contribution in [1.82, 2.24) is 4.90 Å². The number of amides is 1. The summed E-state index contributed by atoms with van der Waals surface area (Å²) in [6.45, 7) is 2.13. The first-order valence-electron chi connectivity index (χ1n) is 14.2. The molecule has 1 aliphatic carbocycles. The Bertz CT molecular complexity index is 1320. The van der Waals surface area contributed by atoms with Crippen molar-refractivity contribution >= 4 is 11.8 Å². The number of nitrogens with one attached hydrogen (secondary N) is 1. The zero-order chi connectivity index (χ0) is 30.8. The van der Waals surface area contributed by atoms with Crippen LogP contribution in [0.2, 0.25) is 0 Å². The van der Waals surface area contributed by atoms with Crippen molar-refractivity contribution in [2.75, 3.05) is 25.0 Å². The largest absolute Gasteiger partial charge is 0.449 e. The Labute approximate surface area is 245 Å². The number of halogens is 6. The van der Waals surface area contributed by atoms with Crippen LogP contribution in [0.1, 0.15) is 53.5 Å². The van der Waals surface area contributed by atoms with Crippen molar-refractivity contribution in [3.8, 4) is 0 Å². The first-order valence-corrected chi connectivity index (χ1v) is 14.2. The Kier molecular flexibility index (Phi) is 8.76. The zero-order valence-corrected chi connectivity index (χ0v) is 23.2. The maximum Gasteiger partial charge on any atom is 0.416 e. The Morgan fingerprint density at radius 3 is 1.65 bits per heavy atom. The van der Waals surface area contributed by atoms with E-state index >= 15 is 0 Å². The second-order valence-corrected chi connectivity index (χ2v) is 11.3. The van der Waals surface area contributed by atoms with Gasteiger partial charge in [-0.05, 0) is 104 Å². The standard InChI is InChI=1S/C32H32F6N2O3/c33-31(34,35)26-9-5-23(6-10-26)30(42,24-7-11-27(12-8-24)32(36,37)38)25-15-17-40(18-16-25)19-21-3-13-28(14-4-21)39-29(41)43-20-22-1-2-22/h3-14,22,25,42H,1-2,15-20H2,(H,39,41). The Morgan fingerprint density at radius 2 is 1.21 bits per heavy atom. The highest BCUT2D eigenvalue weighted by Crippen LogP contribution is 2.44. The average Bonchev–Trinajstić information content (AvgIpc) is 3.81. The minimum Gasteiger partial charge on any atom is -0.449 e. The molecule has 1 saturated heterocycles. The van der Waals surface area contributed by atoms with Gasteiger partial charge in [0, 0.05) is 12.2 Å². The van der Waals surface area contributed by atoms with E-state index in [4.69, 9.17) is 4.74 Å². The number of rotatable bonds is 8. The van der Waals surface area contributed by atoms with E-state index < -0.39 is 41.1 Å². The average molecular weight is 607 g/mol. The lowest BCUT2D eigenvalue weighted by molar-refractivity contribution is -0.138. The van der Waals surface area contributed by atoms with E-state index in [0.29, 0.717) is 50.7 Å². The molecule has 1 aliphatic heterocycles. The van der Waals surface area contributed by atoms with Crippen molar-refractivity contribution in [2.45, 2.75) is 50.2 Å². The molecule has 3 aromatic rings. The lowest BCUT2D eigenvalue weighted by atomic mass is 9.71. The molecular weight excluding hydrogens is 574 g/mol. The van der Waals surface area contributed by atoms with Crippen LogP contribution in [-0.2, 0) is 29.2 Å². The summed E-state index contributed by atoms with van der Waals surface area (Å²) in [6, 6.07) is 15.7. The number of nitrogens with zero attached hydrogens (tertiary/aromatic N) is 1. The lowest BCUT2D eigenvalue weighted by Gasteiger charge is -2.42. The summed E-state index contributed by atoms with van der Waals surface area (Å²) < 4.78 is 84.4. The summed E-state index contributed by atoms with van der Waals surface area (Å²) in [5, 5.41) is 14.8. The van der Waals surface area contributed by atoms with Gasteiger partial charge in [-0.25, -0.2) is 4.79 Å². The van der Waals surface area contributed by atoms with Crippen molar-refractivity contribution in [2.24, 2.45) is 11.8 Å². The number of aliphatic hydroxyl groups is 1. The van der Waals surface area contributed by atoms with E-state index in [1.165, 1.54) is 24.3 Å².